The molecule has 0 radical (unpaired) electrons. The number of hydrogen-bond acceptors (Lipinski definition) is 4. The first kappa shape index (κ1) is 25.7. The zero-order valence-corrected chi connectivity index (χ0v) is 20.6. The zero-order chi connectivity index (χ0) is 24.1. The largest absolute Gasteiger partial charge is 0.350 e. The monoisotopic (exact) mass is 479 g/mol. The Morgan fingerprint density at radius 3 is 2.09 bits per heavy atom. The Hall–Kier alpha value is -2.58. The molecule has 0 bridgehead atoms. The molecule has 0 aliphatic heterocycles. The van der Waals surface area contributed by atoms with Crippen LogP contribution in [0.25, 0.3) is 0 Å². The average Bonchev–Trinajstić information content (AvgIpc) is 2.69. The summed E-state index contributed by atoms with van der Waals surface area (Å²) in [7, 11) is -3.76. The Balaban J connectivity index is 2.36. The van der Waals surface area contributed by atoms with Crippen LogP contribution in [0.2, 0.25) is 5.02 Å². The summed E-state index contributed by atoms with van der Waals surface area (Å²) >= 11 is 5.92. The maximum absolute atomic E-state index is 13.4. The lowest BCUT2D eigenvalue weighted by Gasteiger charge is -2.33. The highest BCUT2D eigenvalue weighted by molar-refractivity contribution is 7.92. The second-order valence-electron chi connectivity index (χ2n) is 8.67. The second-order valence-corrected chi connectivity index (χ2v) is 11.0. The Morgan fingerprint density at radius 1 is 1.03 bits per heavy atom. The number of hydrogen-bond donors (Lipinski definition) is 1. The molecule has 0 saturated heterocycles. The zero-order valence-electron chi connectivity index (χ0n) is 19.0. The van der Waals surface area contributed by atoms with E-state index in [9.17, 15) is 18.0 Å². The van der Waals surface area contributed by atoms with Crippen LogP contribution in [0.3, 0.4) is 0 Å². The summed E-state index contributed by atoms with van der Waals surface area (Å²) in [6.07, 6.45) is 1.03. The van der Waals surface area contributed by atoms with Gasteiger partial charge in [-0.15, -0.1) is 0 Å². The minimum Gasteiger partial charge on any atom is -0.350 e. The van der Waals surface area contributed by atoms with Gasteiger partial charge in [0.1, 0.15) is 12.6 Å². The predicted octanol–water partition coefficient (Wildman–Crippen LogP) is 3.44. The molecule has 0 unspecified atom stereocenters. The van der Waals surface area contributed by atoms with Gasteiger partial charge in [-0.2, -0.15) is 0 Å². The van der Waals surface area contributed by atoms with Gasteiger partial charge in [0.25, 0.3) is 0 Å². The highest BCUT2D eigenvalue weighted by Gasteiger charge is 2.31. The van der Waals surface area contributed by atoms with Crippen LogP contribution in [0.4, 0.5) is 5.69 Å². The number of nitrogens with one attached hydrogen (secondary N) is 1. The molecule has 32 heavy (non-hydrogen) atoms. The van der Waals surface area contributed by atoms with E-state index >= 15 is 0 Å². The van der Waals surface area contributed by atoms with Crippen LogP contribution in [-0.2, 0) is 26.2 Å². The van der Waals surface area contributed by atoms with Crippen molar-refractivity contribution in [2.24, 2.45) is 0 Å². The van der Waals surface area contributed by atoms with Crippen LogP contribution in [0.5, 0.6) is 0 Å². The van der Waals surface area contributed by atoms with Crippen molar-refractivity contribution in [2.45, 2.75) is 45.8 Å². The first-order valence-corrected chi connectivity index (χ1v) is 12.4. The summed E-state index contributed by atoms with van der Waals surface area (Å²) in [5.74, 6) is -0.815. The fourth-order valence-electron chi connectivity index (χ4n) is 3.06. The van der Waals surface area contributed by atoms with E-state index in [2.05, 4.69) is 5.32 Å². The van der Waals surface area contributed by atoms with E-state index in [1.807, 2.05) is 51.1 Å². The molecule has 1 N–H and O–H groups in total. The van der Waals surface area contributed by atoms with Gasteiger partial charge in [-0.1, -0.05) is 41.9 Å². The SMILES string of the molecule is C[C@H](C(=O)NC(C)(C)C)N(Cc1ccccc1)C(=O)CN(c1ccc(Cl)cc1)S(C)(=O)=O. The minimum atomic E-state index is -3.76. The van der Waals surface area contributed by atoms with Gasteiger partial charge in [-0.25, -0.2) is 8.42 Å². The molecule has 2 rings (SSSR count). The molecular weight excluding hydrogens is 450 g/mol. The fourth-order valence-corrected chi connectivity index (χ4v) is 4.03. The van der Waals surface area contributed by atoms with E-state index in [1.165, 1.54) is 17.0 Å². The third kappa shape index (κ3) is 7.53. The van der Waals surface area contributed by atoms with Crippen LogP contribution in [0.1, 0.15) is 33.3 Å². The van der Waals surface area contributed by atoms with Crippen LogP contribution in [-0.4, -0.2) is 49.5 Å². The number of rotatable bonds is 8. The molecule has 2 aromatic carbocycles. The molecule has 0 saturated carbocycles. The van der Waals surface area contributed by atoms with E-state index in [0.29, 0.717) is 10.7 Å². The maximum atomic E-state index is 13.4. The Bertz CT molecular complexity index is 1040. The van der Waals surface area contributed by atoms with Gasteiger partial charge in [0.05, 0.1) is 11.9 Å². The summed E-state index contributed by atoms with van der Waals surface area (Å²) in [5.41, 5.74) is 0.667. The fraction of sp³-hybridized carbons (Fsp3) is 0.391. The van der Waals surface area contributed by atoms with Crippen molar-refractivity contribution >= 4 is 39.1 Å². The van der Waals surface area contributed by atoms with Gasteiger partial charge in [-0.05, 0) is 57.5 Å². The molecule has 0 aliphatic carbocycles. The smallest absolute Gasteiger partial charge is 0.244 e. The lowest BCUT2D eigenvalue weighted by molar-refractivity contribution is -0.140. The summed E-state index contributed by atoms with van der Waals surface area (Å²) < 4.78 is 25.9. The number of sulfonamides is 1. The summed E-state index contributed by atoms with van der Waals surface area (Å²) in [5, 5.41) is 3.33. The summed E-state index contributed by atoms with van der Waals surface area (Å²) in [4.78, 5) is 27.6. The van der Waals surface area contributed by atoms with Gasteiger partial charge < -0.3 is 10.2 Å². The molecule has 2 aromatic rings. The predicted molar refractivity (Wildman–Crippen MR) is 128 cm³/mol. The third-order valence-corrected chi connectivity index (χ3v) is 6.05. The van der Waals surface area contributed by atoms with E-state index in [-0.39, 0.29) is 12.5 Å². The highest BCUT2D eigenvalue weighted by atomic mass is 35.5. The maximum Gasteiger partial charge on any atom is 0.244 e. The van der Waals surface area contributed by atoms with Crippen molar-refractivity contribution in [2.75, 3.05) is 17.1 Å². The topological polar surface area (TPSA) is 86.8 Å². The standard InChI is InChI=1S/C23H30ClN3O4S/c1-17(22(29)25-23(2,3)4)26(15-18-9-7-6-8-10-18)21(28)16-27(32(5,30)31)20-13-11-19(24)12-14-20/h6-14,17H,15-16H2,1-5H3,(H,25,29)/t17-/m1/s1. The van der Waals surface area contributed by atoms with E-state index in [4.69, 9.17) is 11.6 Å². The third-order valence-electron chi connectivity index (χ3n) is 4.66. The summed E-state index contributed by atoms with van der Waals surface area (Å²) in [6.45, 7) is 6.92. The quantitative estimate of drug-likeness (QED) is 0.628. The van der Waals surface area contributed by atoms with Crippen molar-refractivity contribution in [1.29, 1.82) is 0 Å². The lowest BCUT2D eigenvalue weighted by Crippen LogP contribution is -2.54. The number of benzene rings is 2. The van der Waals surface area contributed by atoms with E-state index in [0.717, 1.165) is 16.1 Å². The Morgan fingerprint density at radius 2 is 1.59 bits per heavy atom. The lowest BCUT2D eigenvalue weighted by atomic mass is 10.1. The van der Waals surface area contributed by atoms with E-state index in [1.54, 1.807) is 19.1 Å². The van der Waals surface area contributed by atoms with Crippen molar-refractivity contribution in [1.82, 2.24) is 10.2 Å². The number of nitrogens with zero attached hydrogens (tertiary/aromatic N) is 2. The Kier molecular flexibility index (Phi) is 8.31. The average molecular weight is 480 g/mol. The molecule has 0 aliphatic rings. The minimum absolute atomic E-state index is 0.163. The first-order valence-electron chi connectivity index (χ1n) is 10.2. The van der Waals surface area contributed by atoms with Gasteiger partial charge >= 0.3 is 0 Å². The molecule has 7 nitrogen and oxygen atoms in total. The molecule has 0 heterocycles. The molecule has 1 atom stereocenters. The molecule has 9 heteroatoms. The number of halogens is 1. The second kappa shape index (κ2) is 10.4. The van der Waals surface area contributed by atoms with Gasteiger partial charge in [0, 0.05) is 17.1 Å². The molecule has 2 amide bonds. The molecule has 0 fully saturated rings. The van der Waals surface area contributed by atoms with Crippen molar-refractivity contribution in [3.8, 4) is 0 Å². The van der Waals surface area contributed by atoms with Crippen LogP contribution < -0.4 is 9.62 Å². The van der Waals surface area contributed by atoms with Gasteiger partial charge in [0.2, 0.25) is 21.8 Å². The number of amides is 2. The molecular formula is C23H30ClN3O4S. The Labute approximate surface area is 195 Å². The van der Waals surface area contributed by atoms with Crippen LogP contribution in [0.15, 0.2) is 54.6 Å². The van der Waals surface area contributed by atoms with Crippen molar-refractivity contribution in [3.05, 3.63) is 65.2 Å². The molecule has 174 valence electrons. The van der Waals surface area contributed by atoms with Gasteiger partial charge in [0.15, 0.2) is 0 Å². The van der Waals surface area contributed by atoms with Crippen molar-refractivity contribution in [3.63, 3.8) is 0 Å². The van der Waals surface area contributed by atoms with E-state index < -0.39 is 34.1 Å². The van der Waals surface area contributed by atoms with Crippen molar-refractivity contribution < 1.29 is 18.0 Å². The summed E-state index contributed by atoms with van der Waals surface area (Å²) in [6, 6.07) is 14.6. The first-order chi connectivity index (χ1) is 14.8. The number of carbonyl (C=O) groups excluding carboxylic acids is 2. The molecule has 0 spiro atoms. The molecule has 0 aromatic heterocycles. The van der Waals surface area contributed by atoms with Crippen LogP contribution in [0, 0.1) is 0 Å². The van der Waals surface area contributed by atoms with Crippen LogP contribution >= 0.6 is 11.6 Å². The highest BCUT2D eigenvalue weighted by Crippen LogP contribution is 2.21. The number of carbonyl (C=O) groups is 2. The number of anilines is 1. The normalized spacial score (nSPS) is 12.7. The van der Waals surface area contributed by atoms with Gasteiger partial charge in [-0.3, -0.25) is 13.9 Å².